The number of benzene rings is 21. The van der Waals surface area contributed by atoms with E-state index in [9.17, 15) is 14.4 Å². The first-order chi connectivity index (χ1) is 72.7. The van der Waals surface area contributed by atoms with Gasteiger partial charge in [0.25, 0.3) is 16.7 Å². The fraction of sp³-hybridized carbons (Fsp3) is 0. The molecule has 9 aromatic heterocycles. The van der Waals surface area contributed by atoms with Gasteiger partial charge in [-0.05, 0) is 247 Å². The Balaban J connectivity index is 0.000000110. The van der Waals surface area contributed by atoms with Gasteiger partial charge in [0.05, 0.1) is 93.9 Å². The monoisotopic (exact) mass is 1920 g/mol. The normalized spacial score (nSPS) is 11.8. The summed E-state index contributed by atoms with van der Waals surface area (Å²) in [6, 6.07) is 171. The minimum Gasteiger partial charge on any atom is -0.309 e. The lowest BCUT2D eigenvalue weighted by Crippen LogP contribution is -2.22. The summed E-state index contributed by atoms with van der Waals surface area (Å²) in [5.74, 6) is 1.83. The molecule has 21 aromatic carbocycles. The van der Waals surface area contributed by atoms with Gasteiger partial charge in [-0.1, -0.05) is 273 Å². The Labute approximate surface area is 848 Å². The van der Waals surface area contributed by atoms with Gasteiger partial charge >= 0.3 is 0 Å². The molecule has 0 aliphatic carbocycles. The predicted molar refractivity (Wildman–Crippen MR) is 612 cm³/mol. The van der Waals surface area contributed by atoms with Crippen molar-refractivity contribution in [3.05, 3.63) is 529 Å². The van der Waals surface area contributed by atoms with Crippen molar-refractivity contribution in [2.75, 3.05) is 0 Å². The summed E-state index contributed by atoms with van der Waals surface area (Å²) in [5, 5.41) is 15.7. The van der Waals surface area contributed by atoms with Gasteiger partial charge in [-0.15, -0.1) is 22.7 Å². The maximum Gasteiger partial charge on any atom is 0.266 e. The lowest BCUT2D eigenvalue weighted by molar-refractivity contribution is 0.971. The molecule has 0 fully saturated rings. The molecule has 0 spiro atoms. The van der Waals surface area contributed by atoms with Crippen LogP contribution in [0.25, 0.3) is 257 Å². The lowest BCUT2D eigenvalue weighted by atomic mass is 10.0. The standard InChI is InChI=1S/C56H36N4O.C44H28N4O.C32H18N2OS2/c61-56-47-25-7-10-26-50(47)57-55(41-19-13-20-42(33-41)58-51-27-11-8-23-45(51)48-34-39(29-31-53(48)58)37-15-3-1-4-16-37)60(56)44-22-14-21-43(36-44)59-52-28-12-9-24-46(52)49-35-40(30-32-54(49)59)38-17-5-2-6-18-38;49-44-35-19-7-10-20-38(35)45-43(29-23-25-41-36(27-29)33-17-8-11-21-39(33)46(41)30-13-3-1-4-14-30)48(44)32-24-26-42-37(28-32)34-18-9-12-22-40(34)47(42)31-15-5-2-6-16-31;35-32-23-9-1-4-10-26(23)33-31(19-13-15-29-24(17-19)21-7-2-5-11-27(21)36-29)34(32)20-14-16-30-25(18-20)22-8-3-6-12-28(22)37-30/h1-36H;1-28H;1-18H. The molecule has 0 aliphatic rings. The minimum atomic E-state index is -0.122. The number of thiophene rings is 2. The summed E-state index contributed by atoms with van der Waals surface area (Å²) in [7, 11) is 0. The van der Waals surface area contributed by atoms with Crippen molar-refractivity contribution in [3.8, 4) is 96.2 Å². The fourth-order valence-corrected chi connectivity index (χ4v) is 24.2. The van der Waals surface area contributed by atoms with Gasteiger partial charge < -0.3 is 18.3 Å². The third-order valence-corrected chi connectivity index (χ3v) is 31.0. The number of nitrogens with zero attached hydrogens (tertiary/aromatic N) is 10. The molecule has 0 saturated carbocycles. The second kappa shape index (κ2) is 35.1. The summed E-state index contributed by atoms with van der Waals surface area (Å²) in [6.07, 6.45) is 0. The topological polar surface area (TPSA) is 124 Å². The van der Waals surface area contributed by atoms with Crippen LogP contribution in [0.1, 0.15) is 0 Å². The molecule has 9 heterocycles. The molecule has 0 unspecified atom stereocenters. The molecule has 0 amide bonds. The van der Waals surface area contributed by atoms with Gasteiger partial charge in [-0.3, -0.25) is 28.1 Å². The molecule has 13 nitrogen and oxygen atoms in total. The highest BCUT2D eigenvalue weighted by Gasteiger charge is 2.26. The third-order valence-electron chi connectivity index (χ3n) is 28.7. The Morgan fingerprint density at radius 1 is 0.143 bits per heavy atom. The zero-order chi connectivity index (χ0) is 97.4. The van der Waals surface area contributed by atoms with Gasteiger partial charge in [-0.2, -0.15) is 0 Å². The summed E-state index contributed by atoms with van der Waals surface area (Å²) in [5.41, 5.74) is 24.4. The summed E-state index contributed by atoms with van der Waals surface area (Å²) in [4.78, 5) is 58.9. The maximum absolute atomic E-state index is 14.8. The zero-order valence-electron chi connectivity index (χ0n) is 78.9. The van der Waals surface area contributed by atoms with Crippen LogP contribution in [-0.2, 0) is 0 Å². The van der Waals surface area contributed by atoms with Crippen molar-refractivity contribution in [2.45, 2.75) is 0 Å². The van der Waals surface area contributed by atoms with Crippen molar-refractivity contribution < 1.29 is 0 Å². The smallest absolute Gasteiger partial charge is 0.266 e. The van der Waals surface area contributed by atoms with Crippen LogP contribution in [0.4, 0.5) is 0 Å². The van der Waals surface area contributed by atoms with Crippen LogP contribution in [0, 0.1) is 0 Å². The number of rotatable bonds is 12. The van der Waals surface area contributed by atoms with Crippen molar-refractivity contribution in [1.29, 1.82) is 0 Å². The van der Waals surface area contributed by atoms with Crippen LogP contribution < -0.4 is 16.7 Å². The van der Waals surface area contributed by atoms with Crippen LogP contribution >= 0.6 is 22.7 Å². The van der Waals surface area contributed by atoms with E-state index < -0.39 is 0 Å². The average Bonchev–Trinajstić information content (AvgIpc) is 1.62. The molecule has 0 radical (unpaired) electrons. The summed E-state index contributed by atoms with van der Waals surface area (Å²) in [6.45, 7) is 0. The first kappa shape index (κ1) is 85.6. The first-order valence-electron chi connectivity index (χ1n) is 49.1. The second-order valence-electron chi connectivity index (χ2n) is 37.1. The Hall–Kier alpha value is -19.3. The van der Waals surface area contributed by atoms with Gasteiger partial charge in [0.1, 0.15) is 17.5 Å². The molecule has 147 heavy (non-hydrogen) atoms. The molecule has 0 atom stereocenters. The van der Waals surface area contributed by atoms with E-state index in [1.165, 1.54) is 78.8 Å². The Morgan fingerprint density at radius 2 is 0.388 bits per heavy atom. The molecular weight excluding hydrogens is 1840 g/mol. The van der Waals surface area contributed by atoms with E-state index in [0.717, 1.165) is 128 Å². The van der Waals surface area contributed by atoms with Crippen molar-refractivity contribution in [3.63, 3.8) is 0 Å². The van der Waals surface area contributed by atoms with E-state index >= 15 is 0 Å². The fourth-order valence-electron chi connectivity index (χ4n) is 22.0. The number of para-hydroxylation sites is 9. The highest BCUT2D eigenvalue weighted by molar-refractivity contribution is 7.26. The number of hydrogen-bond acceptors (Lipinski definition) is 8. The van der Waals surface area contributed by atoms with E-state index in [2.05, 4.69) is 400 Å². The van der Waals surface area contributed by atoms with Gasteiger partial charge in [-0.25, -0.2) is 15.0 Å². The average molecular weight is 1920 g/mol. The lowest BCUT2D eigenvalue weighted by Gasteiger charge is -2.17. The second-order valence-corrected chi connectivity index (χ2v) is 39.3. The molecule has 15 heteroatoms. The van der Waals surface area contributed by atoms with Crippen LogP contribution in [0.2, 0.25) is 0 Å². The third kappa shape index (κ3) is 14.4. The highest BCUT2D eigenvalue weighted by Crippen LogP contribution is 2.45. The molecule has 0 aliphatic heterocycles. The van der Waals surface area contributed by atoms with E-state index in [1.54, 1.807) is 36.4 Å². The van der Waals surface area contributed by atoms with Crippen LogP contribution in [0.5, 0.6) is 0 Å². The first-order valence-corrected chi connectivity index (χ1v) is 50.8. The predicted octanol–water partition coefficient (Wildman–Crippen LogP) is 32.6. The Kier molecular flexibility index (Phi) is 20.5. The molecule has 0 saturated heterocycles. The van der Waals surface area contributed by atoms with Crippen LogP contribution in [0.15, 0.2) is 512 Å². The quantitative estimate of drug-likeness (QED) is 0.120. The van der Waals surface area contributed by atoms with Crippen LogP contribution in [-0.4, -0.2) is 46.9 Å². The zero-order valence-corrected chi connectivity index (χ0v) is 80.5. The SMILES string of the molecule is O=c1c2ccccc2nc(-c2ccc3c(c2)c2ccccc2n3-c2ccccc2)n1-c1ccc2c(c1)c1ccccc1n2-c1ccccc1.O=c1c2ccccc2nc(-c2ccc3sc4ccccc4c3c2)n1-c1ccc2sc3ccccc3c2c1.O=c1c2ccccc2nc(-c2cccc(-n3c4ccccc4c4cc(-c5ccccc5)ccc43)c2)n1-c1cccc(-n2c3ccccc3c3cc(-c4ccccc4)ccc32)c1. The molecule has 0 N–H and O–H groups in total. The van der Waals surface area contributed by atoms with Gasteiger partial charge in [0.15, 0.2) is 0 Å². The van der Waals surface area contributed by atoms with Crippen LogP contribution in [0.3, 0.4) is 0 Å². The van der Waals surface area contributed by atoms with Gasteiger partial charge in [0, 0.05) is 123 Å². The Bertz CT molecular complexity index is 10800. The number of aromatic nitrogens is 10. The molecule has 30 rings (SSSR count). The Morgan fingerprint density at radius 3 is 0.816 bits per heavy atom. The maximum atomic E-state index is 14.8. The van der Waals surface area contributed by atoms with Crippen molar-refractivity contribution in [1.82, 2.24) is 46.9 Å². The van der Waals surface area contributed by atoms with Crippen molar-refractivity contribution >= 4 is 183 Å². The number of hydrogen-bond donors (Lipinski definition) is 0. The summed E-state index contributed by atoms with van der Waals surface area (Å²) < 4.78 is 19.5. The molecular formula is C132H82N10O3S2. The van der Waals surface area contributed by atoms with E-state index in [-0.39, 0.29) is 16.7 Å². The van der Waals surface area contributed by atoms with E-state index in [1.807, 2.05) is 115 Å². The van der Waals surface area contributed by atoms with Gasteiger partial charge in [0.2, 0.25) is 0 Å². The number of fused-ring (bicyclic) bond motifs is 21. The van der Waals surface area contributed by atoms with Crippen molar-refractivity contribution in [2.24, 2.45) is 0 Å². The molecule has 30 aromatic rings. The molecule has 690 valence electrons. The summed E-state index contributed by atoms with van der Waals surface area (Å²) >= 11 is 3.56. The minimum absolute atomic E-state index is 0.0604. The molecule has 0 bridgehead atoms. The van der Waals surface area contributed by atoms with E-state index in [4.69, 9.17) is 15.0 Å². The highest BCUT2D eigenvalue weighted by atomic mass is 32.1. The van der Waals surface area contributed by atoms with E-state index in [0.29, 0.717) is 50.2 Å². The largest absolute Gasteiger partial charge is 0.309 e.